The number of Topliss-reactive ketones (excluding diaryl/α,β-unsaturated/α-hetero) is 1. The number of ether oxygens (including phenoxy) is 5. The number of hydrogen-bond acceptors (Lipinski definition) is 8. The fourth-order valence-corrected chi connectivity index (χ4v) is 4.02. The number of ketones is 1. The number of allylic oxidation sites excluding steroid dienone is 1. The summed E-state index contributed by atoms with van der Waals surface area (Å²) in [6, 6.07) is 14.5. The number of furan rings is 1. The van der Waals surface area contributed by atoms with Crippen LogP contribution in [0.25, 0.3) is 17.0 Å². The van der Waals surface area contributed by atoms with Gasteiger partial charge in [-0.25, -0.2) is 4.79 Å². The number of rotatable bonds is 6. The highest BCUT2D eigenvalue weighted by molar-refractivity contribution is 6.31. The van der Waals surface area contributed by atoms with Crippen molar-refractivity contribution in [2.24, 2.45) is 0 Å². The first-order valence-corrected chi connectivity index (χ1v) is 11.1. The van der Waals surface area contributed by atoms with Crippen LogP contribution in [0.1, 0.15) is 26.5 Å². The van der Waals surface area contributed by atoms with Crippen LogP contribution >= 0.6 is 11.6 Å². The van der Waals surface area contributed by atoms with Gasteiger partial charge < -0.3 is 28.1 Å². The van der Waals surface area contributed by atoms with Crippen molar-refractivity contribution in [1.29, 1.82) is 0 Å². The Bertz CT molecular complexity index is 1520. The topological polar surface area (TPSA) is 93.4 Å². The molecule has 1 aromatic heterocycles. The van der Waals surface area contributed by atoms with E-state index in [4.69, 9.17) is 39.7 Å². The zero-order valence-electron chi connectivity index (χ0n) is 19.4. The molecule has 182 valence electrons. The molecule has 0 aliphatic carbocycles. The van der Waals surface area contributed by atoms with E-state index in [1.165, 1.54) is 39.5 Å². The van der Waals surface area contributed by atoms with Crippen molar-refractivity contribution < 1.29 is 37.7 Å². The fraction of sp³-hybridized carbons (Fsp3) is 0.111. The standard InChI is InChI=1S/C27H19ClO8/c1-31-22-9-14(10-23(32-2)26(22)33-3)8-21-25(29)18-6-5-17(13-20(18)36-21)34-27(30)24-12-15-11-16(28)4-7-19(15)35-24/h4-13H,1-3H3/b21-8-. The summed E-state index contributed by atoms with van der Waals surface area (Å²) >= 11 is 5.99. The Morgan fingerprint density at radius 3 is 2.36 bits per heavy atom. The van der Waals surface area contributed by atoms with Gasteiger partial charge in [-0.3, -0.25) is 4.79 Å². The van der Waals surface area contributed by atoms with E-state index in [1.807, 2.05) is 0 Å². The quantitative estimate of drug-likeness (QED) is 0.180. The summed E-state index contributed by atoms with van der Waals surface area (Å²) < 4.78 is 32.8. The second-order valence-electron chi connectivity index (χ2n) is 7.74. The van der Waals surface area contributed by atoms with Gasteiger partial charge in [0.1, 0.15) is 17.1 Å². The number of carbonyl (C=O) groups is 2. The molecule has 0 spiro atoms. The largest absolute Gasteiger partial charge is 0.493 e. The third kappa shape index (κ3) is 4.23. The summed E-state index contributed by atoms with van der Waals surface area (Å²) in [7, 11) is 4.52. The molecule has 2 heterocycles. The van der Waals surface area contributed by atoms with Crippen molar-refractivity contribution in [2.45, 2.75) is 0 Å². The lowest BCUT2D eigenvalue weighted by molar-refractivity contribution is 0.0703. The minimum absolute atomic E-state index is 0.0211. The molecule has 36 heavy (non-hydrogen) atoms. The van der Waals surface area contributed by atoms with Crippen LogP contribution in [-0.2, 0) is 0 Å². The van der Waals surface area contributed by atoms with Crippen LogP contribution in [0.2, 0.25) is 5.02 Å². The van der Waals surface area contributed by atoms with Crippen molar-refractivity contribution in [3.63, 3.8) is 0 Å². The molecule has 0 bridgehead atoms. The second-order valence-corrected chi connectivity index (χ2v) is 8.18. The molecule has 0 radical (unpaired) electrons. The first-order chi connectivity index (χ1) is 17.4. The third-order valence-corrected chi connectivity index (χ3v) is 5.75. The molecule has 1 aliphatic rings. The molecular formula is C27H19ClO8. The molecule has 0 fully saturated rings. The minimum atomic E-state index is -0.695. The van der Waals surface area contributed by atoms with Crippen LogP contribution in [0, 0.1) is 0 Å². The predicted molar refractivity (Wildman–Crippen MR) is 132 cm³/mol. The maximum absolute atomic E-state index is 12.9. The highest BCUT2D eigenvalue weighted by atomic mass is 35.5. The molecule has 0 N–H and O–H groups in total. The first kappa shape index (κ1) is 23.3. The van der Waals surface area contributed by atoms with E-state index in [9.17, 15) is 9.59 Å². The van der Waals surface area contributed by atoms with Gasteiger partial charge in [-0.1, -0.05) is 11.6 Å². The van der Waals surface area contributed by atoms with Gasteiger partial charge in [0.15, 0.2) is 17.3 Å². The Morgan fingerprint density at radius 2 is 1.67 bits per heavy atom. The Balaban J connectivity index is 1.38. The molecular weight excluding hydrogens is 488 g/mol. The van der Waals surface area contributed by atoms with Gasteiger partial charge in [-0.2, -0.15) is 0 Å². The lowest BCUT2D eigenvalue weighted by atomic mass is 10.1. The monoisotopic (exact) mass is 506 g/mol. The van der Waals surface area contributed by atoms with E-state index in [0.717, 1.165) is 0 Å². The normalized spacial score (nSPS) is 13.4. The van der Waals surface area contributed by atoms with Gasteiger partial charge >= 0.3 is 5.97 Å². The number of hydrogen-bond donors (Lipinski definition) is 0. The van der Waals surface area contributed by atoms with Gasteiger partial charge in [-0.05, 0) is 60.2 Å². The summed E-state index contributed by atoms with van der Waals surface area (Å²) in [5.41, 5.74) is 1.46. The Hall–Kier alpha value is -4.43. The van der Waals surface area contributed by atoms with Gasteiger partial charge in [-0.15, -0.1) is 0 Å². The molecule has 0 saturated heterocycles. The smallest absolute Gasteiger partial charge is 0.379 e. The van der Waals surface area contributed by atoms with Gasteiger partial charge in [0.2, 0.25) is 17.3 Å². The lowest BCUT2D eigenvalue weighted by Gasteiger charge is -2.13. The van der Waals surface area contributed by atoms with E-state index in [1.54, 1.807) is 42.5 Å². The average Bonchev–Trinajstić information content (AvgIpc) is 3.43. The molecule has 3 aromatic carbocycles. The molecule has 0 saturated carbocycles. The number of halogens is 1. The summed E-state index contributed by atoms with van der Waals surface area (Å²) in [5, 5.41) is 1.21. The zero-order chi connectivity index (χ0) is 25.4. The number of esters is 1. The predicted octanol–water partition coefficient (Wildman–Crippen LogP) is 5.95. The minimum Gasteiger partial charge on any atom is -0.493 e. The second kappa shape index (κ2) is 9.31. The van der Waals surface area contributed by atoms with Crippen LogP contribution in [0.4, 0.5) is 0 Å². The van der Waals surface area contributed by atoms with E-state index < -0.39 is 5.97 Å². The molecule has 1 aliphatic heterocycles. The first-order valence-electron chi connectivity index (χ1n) is 10.7. The summed E-state index contributed by atoms with van der Waals surface area (Å²) in [5.74, 6) is 0.875. The molecule has 0 unspecified atom stereocenters. The van der Waals surface area contributed by atoms with Crippen molar-refractivity contribution in [3.05, 3.63) is 82.3 Å². The molecule has 0 amide bonds. The van der Waals surface area contributed by atoms with E-state index in [0.29, 0.717) is 44.4 Å². The number of carbonyl (C=O) groups excluding carboxylic acids is 2. The van der Waals surface area contributed by atoms with Crippen molar-refractivity contribution in [1.82, 2.24) is 0 Å². The van der Waals surface area contributed by atoms with Gasteiger partial charge in [0, 0.05) is 16.5 Å². The molecule has 8 nitrogen and oxygen atoms in total. The fourth-order valence-electron chi connectivity index (χ4n) is 3.84. The van der Waals surface area contributed by atoms with E-state index >= 15 is 0 Å². The highest BCUT2D eigenvalue weighted by Crippen LogP contribution is 2.40. The Labute approximate surface area is 210 Å². The summed E-state index contributed by atoms with van der Waals surface area (Å²) in [6.07, 6.45) is 1.57. The van der Waals surface area contributed by atoms with Gasteiger partial charge in [0.05, 0.1) is 26.9 Å². The SMILES string of the molecule is COc1cc(/C=C2\Oc3cc(OC(=O)c4cc5cc(Cl)ccc5o4)ccc3C2=O)cc(OC)c1OC. The maximum atomic E-state index is 12.9. The molecule has 9 heteroatoms. The van der Waals surface area contributed by atoms with Crippen molar-refractivity contribution in [2.75, 3.05) is 21.3 Å². The van der Waals surface area contributed by atoms with Gasteiger partial charge in [0.25, 0.3) is 0 Å². The number of benzene rings is 3. The summed E-state index contributed by atoms with van der Waals surface area (Å²) in [6.45, 7) is 0. The third-order valence-electron chi connectivity index (χ3n) is 5.52. The Morgan fingerprint density at radius 1 is 0.917 bits per heavy atom. The molecule has 5 rings (SSSR count). The number of methoxy groups -OCH3 is 3. The van der Waals surface area contributed by atoms with Crippen LogP contribution in [0.3, 0.4) is 0 Å². The maximum Gasteiger partial charge on any atom is 0.379 e. The van der Waals surface area contributed by atoms with E-state index in [2.05, 4.69) is 0 Å². The zero-order valence-corrected chi connectivity index (χ0v) is 20.2. The highest BCUT2D eigenvalue weighted by Gasteiger charge is 2.29. The van der Waals surface area contributed by atoms with Crippen LogP contribution in [0.5, 0.6) is 28.7 Å². The summed E-state index contributed by atoms with van der Waals surface area (Å²) in [4.78, 5) is 25.5. The van der Waals surface area contributed by atoms with Crippen LogP contribution < -0.4 is 23.7 Å². The van der Waals surface area contributed by atoms with Crippen LogP contribution in [-0.4, -0.2) is 33.1 Å². The molecule has 0 atom stereocenters. The number of fused-ring (bicyclic) bond motifs is 2. The van der Waals surface area contributed by atoms with Crippen molar-refractivity contribution in [3.8, 4) is 28.7 Å². The Kier molecular flexibility index (Phi) is 6.03. The van der Waals surface area contributed by atoms with Crippen LogP contribution in [0.15, 0.2) is 64.8 Å². The molecule has 4 aromatic rings. The van der Waals surface area contributed by atoms with E-state index in [-0.39, 0.29) is 28.8 Å². The average molecular weight is 507 g/mol. The van der Waals surface area contributed by atoms with Crippen molar-refractivity contribution >= 4 is 40.4 Å². The lowest BCUT2D eigenvalue weighted by Crippen LogP contribution is -2.07.